The fourth-order valence-corrected chi connectivity index (χ4v) is 2.02. The van der Waals surface area contributed by atoms with Crippen molar-refractivity contribution >= 4 is 11.9 Å². The highest BCUT2D eigenvalue weighted by molar-refractivity contribution is 5.77. The lowest BCUT2D eigenvalue weighted by Crippen LogP contribution is -2.40. The number of rotatable bonds is 6. The van der Waals surface area contributed by atoms with Crippen molar-refractivity contribution in [1.29, 1.82) is 0 Å². The van der Waals surface area contributed by atoms with Crippen LogP contribution in [0, 0.1) is 5.92 Å². The number of alkyl halides is 3. The van der Waals surface area contributed by atoms with Gasteiger partial charge in [-0.2, -0.15) is 18.3 Å². The first kappa shape index (κ1) is 15.3. The van der Waals surface area contributed by atoms with Gasteiger partial charge in [-0.05, 0) is 24.8 Å². The van der Waals surface area contributed by atoms with E-state index >= 15 is 0 Å². The molecule has 1 aromatic heterocycles. The maximum atomic E-state index is 12.4. The molecule has 0 aromatic carbocycles. The number of aliphatic carboxylic acids is 1. The number of hydrogen-bond acceptors (Lipinski definition) is 3. The maximum absolute atomic E-state index is 12.4. The first-order valence-corrected chi connectivity index (χ1v) is 6.37. The molecular formula is C12H14F3N3O3. The van der Waals surface area contributed by atoms with Crippen LogP contribution in [-0.4, -0.2) is 32.8 Å². The molecule has 1 saturated carbocycles. The molecular weight excluding hydrogens is 291 g/mol. The summed E-state index contributed by atoms with van der Waals surface area (Å²) in [6.07, 6.45) is -1.99. The molecule has 2 rings (SSSR count). The number of hydrogen-bond donors (Lipinski definition) is 2. The van der Waals surface area contributed by atoms with Crippen molar-refractivity contribution < 1.29 is 27.9 Å². The third kappa shape index (κ3) is 4.47. The second-order valence-corrected chi connectivity index (χ2v) is 5.01. The Morgan fingerprint density at radius 2 is 2.14 bits per heavy atom. The molecule has 1 amide bonds. The monoisotopic (exact) mass is 305 g/mol. The lowest BCUT2D eigenvalue weighted by atomic mass is 10.1. The van der Waals surface area contributed by atoms with Crippen LogP contribution in [0.3, 0.4) is 0 Å². The summed E-state index contributed by atoms with van der Waals surface area (Å²) < 4.78 is 38.0. The van der Waals surface area contributed by atoms with E-state index in [1.165, 1.54) is 0 Å². The van der Waals surface area contributed by atoms with Crippen LogP contribution < -0.4 is 5.32 Å². The van der Waals surface area contributed by atoms with E-state index in [1.54, 1.807) is 0 Å². The van der Waals surface area contributed by atoms with E-state index in [0.717, 1.165) is 29.8 Å². The van der Waals surface area contributed by atoms with Crippen LogP contribution in [0.1, 0.15) is 25.0 Å². The van der Waals surface area contributed by atoms with Crippen molar-refractivity contribution in [2.45, 2.75) is 38.0 Å². The minimum atomic E-state index is -4.55. The van der Waals surface area contributed by atoms with Crippen molar-refractivity contribution in [2.24, 2.45) is 5.92 Å². The SMILES string of the molecule is O=C(O)CC(NC(=O)Cn1ccc(C(F)(F)F)n1)C1CC1. The average molecular weight is 305 g/mol. The highest BCUT2D eigenvalue weighted by Gasteiger charge is 2.35. The first-order chi connectivity index (χ1) is 9.75. The molecule has 1 aliphatic rings. The van der Waals surface area contributed by atoms with Crippen molar-refractivity contribution in [1.82, 2.24) is 15.1 Å². The lowest BCUT2D eigenvalue weighted by Gasteiger charge is -2.16. The Hall–Kier alpha value is -2.06. The number of carboxylic acid groups (broad SMARTS) is 1. The second-order valence-electron chi connectivity index (χ2n) is 5.01. The number of amides is 1. The zero-order valence-electron chi connectivity index (χ0n) is 10.9. The van der Waals surface area contributed by atoms with E-state index in [1.807, 2.05) is 0 Å². The highest BCUT2D eigenvalue weighted by atomic mass is 19.4. The molecule has 0 spiro atoms. The van der Waals surface area contributed by atoms with Gasteiger partial charge in [0.15, 0.2) is 5.69 Å². The number of halogens is 3. The molecule has 1 aliphatic carbocycles. The summed E-state index contributed by atoms with van der Waals surface area (Å²) in [5.74, 6) is -1.44. The van der Waals surface area contributed by atoms with Crippen LogP contribution >= 0.6 is 0 Å². The molecule has 9 heteroatoms. The van der Waals surface area contributed by atoms with Gasteiger partial charge < -0.3 is 10.4 Å². The van der Waals surface area contributed by atoms with Crippen molar-refractivity contribution in [3.8, 4) is 0 Å². The Balaban J connectivity index is 1.91. The highest BCUT2D eigenvalue weighted by Crippen LogP contribution is 2.34. The number of aromatic nitrogens is 2. The molecule has 2 N–H and O–H groups in total. The van der Waals surface area contributed by atoms with Crippen LogP contribution in [0.4, 0.5) is 13.2 Å². The van der Waals surface area contributed by atoms with Gasteiger partial charge in [-0.3, -0.25) is 14.3 Å². The number of carbonyl (C=O) groups is 2. The summed E-state index contributed by atoms with van der Waals surface area (Å²) in [5.41, 5.74) is -1.07. The Kier molecular flexibility index (Phi) is 4.19. The minimum absolute atomic E-state index is 0.133. The van der Waals surface area contributed by atoms with Gasteiger partial charge in [-0.25, -0.2) is 0 Å². The molecule has 1 fully saturated rings. The third-order valence-electron chi connectivity index (χ3n) is 3.17. The van der Waals surface area contributed by atoms with Gasteiger partial charge >= 0.3 is 12.1 Å². The zero-order chi connectivity index (χ0) is 15.6. The van der Waals surface area contributed by atoms with Gasteiger partial charge in [-0.15, -0.1) is 0 Å². The van der Waals surface area contributed by atoms with E-state index in [9.17, 15) is 22.8 Å². The lowest BCUT2D eigenvalue weighted by molar-refractivity contribution is -0.142. The van der Waals surface area contributed by atoms with Crippen molar-refractivity contribution in [3.63, 3.8) is 0 Å². The predicted octanol–water partition coefficient (Wildman–Crippen LogP) is 1.27. The molecule has 1 aromatic rings. The smallest absolute Gasteiger partial charge is 0.435 e. The Bertz CT molecular complexity index is 537. The Morgan fingerprint density at radius 1 is 1.48 bits per heavy atom. The zero-order valence-corrected chi connectivity index (χ0v) is 10.9. The maximum Gasteiger partial charge on any atom is 0.435 e. The summed E-state index contributed by atoms with van der Waals surface area (Å²) in [7, 11) is 0. The summed E-state index contributed by atoms with van der Waals surface area (Å²) in [5, 5.41) is 14.6. The molecule has 6 nitrogen and oxygen atoms in total. The van der Waals surface area contributed by atoms with Crippen LogP contribution in [0.2, 0.25) is 0 Å². The molecule has 0 aliphatic heterocycles. The minimum Gasteiger partial charge on any atom is -0.481 e. The van der Waals surface area contributed by atoms with Crippen LogP contribution in [-0.2, 0) is 22.3 Å². The normalized spacial score (nSPS) is 16.5. The number of carboxylic acids is 1. The third-order valence-corrected chi connectivity index (χ3v) is 3.17. The topological polar surface area (TPSA) is 84.2 Å². The van der Waals surface area contributed by atoms with E-state index < -0.39 is 29.8 Å². The van der Waals surface area contributed by atoms with E-state index in [0.29, 0.717) is 0 Å². The van der Waals surface area contributed by atoms with Crippen LogP contribution in [0.15, 0.2) is 12.3 Å². The number of nitrogens with zero attached hydrogens (tertiary/aromatic N) is 2. The van der Waals surface area contributed by atoms with E-state index in [2.05, 4.69) is 10.4 Å². The van der Waals surface area contributed by atoms with E-state index in [-0.39, 0.29) is 18.9 Å². The molecule has 0 bridgehead atoms. The molecule has 0 radical (unpaired) electrons. The van der Waals surface area contributed by atoms with Crippen molar-refractivity contribution in [2.75, 3.05) is 0 Å². The average Bonchev–Trinajstić information content (AvgIpc) is 3.07. The quantitative estimate of drug-likeness (QED) is 0.829. The second kappa shape index (κ2) is 5.74. The molecule has 1 unspecified atom stereocenters. The van der Waals surface area contributed by atoms with Gasteiger partial charge in [0.05, 0.1) is 6.42 Å². The Labute approximate surface area is 117 Å². The summed E-state index contributed by atoms with van der Waals surface area (Å²) >= 11 is 0. The van der Waals surface area contributed by atoms with Gasteiger partial charge in [0.1, 0.15) is 6.54 Å². The molecule has 0 saturated heterocycles. The first-order valence-electron chi connectivity index (χ1n) is 6.37. The fourth-order valence-electron chi connectivity index (χ4n) is 2.02. The van der Waals surface area contributed by atoms with E-state index in [4.69, 9.17) is 5.11 Å². The molecule has 1 heterocycles. The molecule has 1 atom stereocenters. The standard InChI is InChI=1S/C12H14F3N3O3/c13-12(14,15)9-3-4-18(17-9)6-10(19)16-8(5-11(20)21)7-1-2-7/h3-4,7-8H,1-2,5-6H2,(H,16,19)(H,20,21). The van der Waals surface area contributed by atoms with Gasteiger partial charge in [0.2, 0.25) is 5.91 Å². The van der Waals surface area contributed by atoms with Crippen molar-refractivity contribution in [3.05, 3.63) is 18.0 Å². The summed E-state index contributed by atoms with van der Waals surface area (Å²) in [6.45, 7) is -0.376. The van der Waals surface area contributed by atoms with Gasteiger partial charge in [0.25, 0.3) is 0 Å². The molecule has 116 valence electrons. The summed E-state index contributed by atoms with van der Waals surface area (Å²) in [6, 6.07) is 0.302. The molecule has 21 heavy (non-hydrogen) atoms. The Morgan fingerprint density at radius 3 is 2.62 bits per heavy atom. The van der Waals surface area contributed by atoms with Gasteiger partial charge in [-0.1, -0.05) is 0 Å². The number of nitrogens with one attached hydrogen (secondary N) is 1. The predicted molar refractivity (Wildman–Crippen MR) is 64.1 cm³/mol. The van der Waals surface area contributed by atoms with Crippen LogP contribution in [0.5, 0.6) is 0 Å². The summed E-state index contributed by atoms with van der Waals surface area (Å²) in [4.78, 5) is 22.5. The fraction of sp³-hybridized carbons (Fsp3) is 0.583. The number of carbonyl (C=O) groups excluding carboxylic acids is 1. The van der Waals surface area contributed by atoms with Gasteiger partial charge in [0, 0.05) is 12.2 Å². The van der Waals surface area contributed by atoms with Crippen LogP contribution in [0.25, 0.3) is 0 Å². The largest absolute Gasteiger partial charge is 0.481 e.